The first-order valence-corrected chi connectivity index (χ1v) is 9.95. The highest BCUT2D eigenvalue weighted by atomic mass is 16.1. The zero-order valence-corrected chi connectivity index (χ0v) is 16.8. The fourth-order valence-electron chi connectivity index (χ4n) is 4.01. The number of para-hydroxylation sites is 1. The summed E-state index contributed by atoms with van der Waals surface area (Å²) in [5.41, 5.74) is 4.39. The first-order chi connectivity index (χ1) is 14.7. The average Bonchev–Trinajstić information content (AvgIpc) is 3.32. The molecule has 5 aromatic rings. The second-order valence-corrected chi connectivity index (χ2v) is 7.19. The van der Waals surface area contributed by atoms with Crippen LogP contribution in [0.2, 0.25) is 0 Å². The number of anilines is 1. The van der Waals surface area contributed by atoms with Gasteiger partial charge in [-0.15, -0.1) is 0 Å². The van der Waals surface area contributed by atoms with Crippen LogP contribution in [0.4, 0.5) is 5.69 Å². The van der Waals surface area contributed by atoms with E-state index >= 15 is 0 Å². The summed E-state index contributed by atoms with van der Waals surface area (Å²) in [5.74, 6) is 0.496. The maximum Gasteiger partial charge on any atom is 0.259 e. The van der Waals surface area contributed by atoms with Gasteiger partial charge < -0.3 is 9.88 Å². The highest BCUT2D eigenvalue weighted by Crippen LogP contribution is 2.31. The summed E-state index contributed by atoms with van der Waals surface area (Å²) >= 11 is 0. The summed E-state index contributed by atoms with van der Waals surface area (Å²) in [4.78, 5) is 17.3. The van der Waals surface area contributed by atoms with E-state index in [1.165, 1.54) is 10.9 Å². The molecule has 0 spiro atoms. The minimum atomic E-state index is -0.187. The van der Waals surface area contributed by atoms with Crippen LogP contribution in [0.1, 0.15) is 23.0 Å². The Morgan fingerprint density at radius 3 is 2.60 bits per heavy atom. The third-order valence-electron chi connectivity index (χ3n) is 5.47. The number of rotatable bonds is 4. The first-order valence-electron chi connectivity index (χ1n) is 9.95. The van der Waals surface area contributed by atoms with Crippen molar-refractivity contribution in [3.05, 3.63) is 84.3 Å². The van der Waals surface area contributed by atoms with Crippen LogP contribution < -0.4 is 5.32 Å². The molecule has 0 aliphatic rings. The molecule has 1 N–H and O–H groups in total. The van der Waals surface area contributed by atoms with Crippen LogP contribution in [0.3, 0.4) is 0 Å². The molecule has 0 bridgehead atoms. The van der Waals surface area contributed by atoms with Crippen LogP contribution in [-0.2, 0) is 6.54 Å². The lowest BCUT2D eigenvalue weighted by molar-refractivity contribution is 0.102. The van der Waals surface area contributed by atoms with Crippen molar-refractivity contribution in [2.24, 2.45) is 0 Å². The van der Waals surface area contributed by atoms with E-state index in [4.69, 9.17) is 0 Å². The smallest absolute Gasteiger partial charge is 0.259 e. The van der Waals surface area contributed by atoms with Gasteiger partial charge in [0.2, 0.25) is 0 Å². The summed E-state index contributed by atoms with van der Waals surface area (Å²) in [7, 11) is 0. The molecule has 148 valence electrons. The number of carbonyl (C=O) groups excluding carboxylic acids is 1. The lowest BCUT2D eigenvalue weighted by Gasteiger charge is -2.07. The van der Waals surface area contributed by atoms with Gasteiger partial charge in [-0.05, 0) is 50.2 Å². The van der Waals surface area contributed by atoms with Crippen LogP contribution in [-0.4, -0.2) is 25.2 Å². The van der Waals surface area contributed by atoms with E-state index in [1.807, 2.05) is 43.3 Å². The quantitative estimate of drug-likeness (QED) is 0.468. The number of pyridine rings is 1. The van der Waals surface area contributed by atoms with Crippen molar-refractivity contribution in [3.8, 4) is 5.82 Å². The molecule has 0 saturated heterocycles. The van der Waals surface area contributed by atoms with Gasteiger partial charge in [0, 0.05) is 40.2 Å². The predicted molar refractivity (Wildman–Crippen MR) is 119 cm³/mol. The second-order valence-electron chi connectivity index (χ2n) is 7.19. The Labute approximate surface area is 173 Å². The van der Waals surface area contributed by atoms with Crippen molar-refractivity contribution in [1.29, 1.82) is 0 Å². The summed E-state index contributed by atoms with van der Waals surface area (Å²) in [6.45, 7) is 4.90. The fourth-order valence-corrected chi connectivity index (χ4v) is 4.01. The van der Waals surface area contributed by atoms with E-state index in [2.05, 4.69) is 51.2 Å². The van der Waals surface area contributed by atoms with E-state index in [-0.39, 0.29) is 5.91 Å². The van der Waals surface area contributed by atoms with Gasteiger partial charge in [-0.25, -0.2) is 9.67 Å². The lowest BCUT2D eigenvalue weighted by Crippen LogP contribution is -2.13. The van der Waals surface area contributed by atoms with Crippen LogP contribution in [0.25, 0.3) is 27.6 Å². The van der Waals surface area contributed by atoms with Crippen LogP contribution >= 0.6 is 0 Å². The average molecular weight is 395 g/mol. The molecule has 5 rings (SSSR count). The number of fused-ring (bicyclic) bond motifs is 3. The number of amides is 1. The maximum absolute atomic E-state index is 13.0. The van der Waals surface area contributed by atoms with Gasteiger partial charge in [0.15, 0.2) is 5.82 Å². The summed E-state index contributed by atoms with van der Waals surface area (Å²) in [5, 5.41) is 9.69. The van der Waals surface area contributed by atoms with E-state index in [1.54, 1.807) is 17.1 Å². The van der Waals surface area contributed by atoms with Gasteiger partial charge >= 0.3 is 0 Å². The van der Waals surface area contributed by atoms with Gasteiger partial charge in [0.1, 0.15) is 0 Å². The van der Waals surface area contributed by atoms with Gasteiger partial charge in [0.25, 0.3) is 5.91 Å². The minimum Gasteiger partial charge on any atom is -0.341 e. The van der Waals surface area contributed by atoms with Crippen molar-refractivity contribution in [2.75, 3.05) is 5.32 Å². The van der Waals surface area contributed by atoms with Crippen molar-refractivity contribution >= 4 is 33.4 Å². The molecule has 0 aliphatic carbocycles. The summed E-state index contributed by atoms with van der Waals surface area (Å²) in [6.07, 6.45) is 3.29. The molecule has 1 amide bonds. The Balaban J connectivity index is 1.50. The van der Waals surface area contributed by atoms with Gasteiger partial charge in [-0.1, -0.05) is 24.3 Å². The maximum atomic E-state index is 13.0. The summed E-state index contributed by atoms with van der Waals surface area (Å²) in [6, 6.07) is 20.0. The molecule has 0 atom stereocenters. The van der Waals surface area contributed by atoms with E-state index < -0.39 is 0 Å². The van der Waals surface area contributed by atoms with Crippen LogP contribution in [0.5, 0.6) is 0 Å². The van der Waals surface area contributed by atoms with Crippen molar-refractivity contribution < 1.29 is 4.79 Å². The molecule has 0 fully saturated rings. The number of nitrogens with zero attached hydrogens (tertiary/aromatic N) is 4. The minimum absolute atomic E-state index is 0.187. The Morgan fingerprint density at radius 2 is 1.80 bits per heavy atom. The third-order valence-corrected chi connectivity index (χ3v) is 5.47. The Bertz CT molecular complexity index is 1380. The first kappa shape index (κ1) is 18.1. The summed E-state index contributed by atoms with van der Waals surface area (Å²) < 4.78 is 3.96. The largest absolute Gasteiger partial charge is 0.341 e. The molecular formula is C24H21N5O. The van der Waals surface area contributed by atoms with Crippen molar-refractivity contribution in [2.45, 2.75) is 20.4 Å². The molecule has 3 aromatic heterocycles. The topological polar surface area (TPSA) is 64.7 Å². The Kier molecular flexibility index (Phi) is 4.32. The zero-order chi connectivity index (χ0) is 20.7. The molecule has 30 heavy (non-hydrogen) atoms. The monoisotopic (exact) mass is 395 g/mol. The number of aromatic nitrogens is 4. The molecule has 0 unspecified atom stereocenters. The normalized spacial score (nSPS) is 11.3. The molecule has 0 aliphatic heterocycles. The molecule has 6 heteroatoms. The lowest BCUT2D eigenvalue weighted by atomic mass is 10.1. The second kappa shape index (κ2) is 7.15. The van der Waals surface area contributed by atoms with Crippen LogP contribution in [0.15, 0.2) is 73.1 Å². The number of aryl methyl sites for hydroxylation is 1. The van der Waals surface area contributed by atoms with Crippen LogP contribution in [0, 0.1) is 6.92 Å². The zero-order valence-electron chi connectivity index (χ0n) is 16.8. The molecule has 0 saturated carbocycles. The van der Waals surface area contributed by atoms with Crippen molar-refractivity contribution in [3.63, 3.8) is 0 Å². The highest BCUT2D eigenvalue weighted by Gasteiger charge is 2.17. The third kappa shape index (κ3) is 2.85. The molecule has 3 heterocycles. The standard InChI is InChI=1S/C24H21N5O/c1-3-28-21-9-5-4-8-18(21)19-14-17(11-12-22(19)28)27-24(30)20-15-26-29(16(20)2)23-10-6-7-13-25-23/h4-15H,3H2,1-2H3,(H,27,30). The van der Waals surface area contributed by atoms with Gasteiger partial charge in [-0.3, -0.25) is 4.79 Å². The number of hydrogen-bond donors (Lipinski definition) is 1. The van der Waals surface area contributed by atoms with Crippen molar-refractivity contribution in [1.82, 2.24) is 19.3 Å². The predicted octanol–water partition coefficient (Wildman–Crippen LogP) is 4.96. The Hall–Kier alpha value is -3.93. The highest BCUT2D eigenvalue weighted by molar-refractivity contribution is 6.11. The molecule has 0 radical (unpaired) electrons. The molecule has 6 nitrogen and oxygen atoms in total. The Morgan fingerprint density at radius 1 is 1.00 bits per heavy atom. The van der Waals surface area contributed by atoms with E-state index in [0.717, 1.165) is 28.8 Å². The number of benzene rings is 2. The van der Waals surface area contributed by atoms with E-state index in [0.29, 0.717) is 11.4 Å². The SMILES string of the molecule is CCn1c2ccccc2c2cc(NC(=O)c3cnn(-c4ccccn4)c3C)ccc21. The number of hydrogen-bond acceptors (Lipinski definition) is 3. The fraction of sp³-hybridized carbons (Fsp3) is 0.125. The number of nitrogens with one attached hydrogen (secondary N) is 1. The van der Waals surface area contributed by atoms with E-state index in [9.17, 15) is 4.79 Å². The molecule has 2 aromatic carbocycles. The van der Waals surface area contributed by atoms with Gasteiger partial charge in [0.05, 0.1) is 17.5 Å². The van der Waals surface area contributed by atoms with Gasteiger partial charge in [-0.2, -0.15) is 5.10 Å². The number of carbonyl (C=O) groups is 1. The molecular weight excluding hydrogens is 374 g/mol.